The molecule has 0 heterocycles. The molecule has 90 valence electrons. The number of rotatable bonds is 2. The molecule has 0 spiro atoms. The predicted octanol–water partition coefficient (Wildman–Crippen LogP) is 4.00. The van der Waals surface area contributed by atoms with Crippen LogP contribution in [0.1, 0.15) is 24.8 Å². The van der Waals surface area contributed by atoms with Crippen LogP contribution in [0, 0.1) is 30.0 Å². The van der Waals surface area contributed by atoms with Crippen LogP contribution in [0.25, 0.3) is 0 Å². The summed E-state index contributed by atoms with van der Waals surface area (Å²) in [5.41, 5.74) is 1.78. The van der Waals surface area contributed by atoms with Gasteiger partial charge in [0.15, 0.2) is 0 Å². The smallest absolute Gasteiger partial charge is 0.139 e. The first-order chi connectivity index (χ1) is 8.11. The maximum atomic E-state index is 13.5. The van der Waals surface area contributed by atoms with E-state index in [2.05, 4.69) is 27.3 Å². The van der Waals surface area contributed by atoms with E-state index < -0.39 is 0 Å². The third-order valence-corrected chi connectivity index (χ3v) is 3.90. The minimum atomic E-state index is -0.274. The van der Waals surface area contributed by atoms with Gasteiger partial charge in [0.2, 0.25) is 0 Å². The number of nitriles is 1. The van der Waals surface area contributed by atoms with E-state index in [1.165, 1.54) is 6.07 Å². The van der Waals surface area contributed by atoms with Crippen LogP contribution in [-0.4, -0.2) is 6.04 Å². The van der Waals surface area contributed by atoms with Gasteiger partial charge >= 0.3 is 0 Å². The molecule has 2 rings (SSSR count). The number of nitrogens with one attached hydrogen (secondary N) is 1. The molecule has 2 nitrogen and oxygen atoms in total. The average Bonchev–Trinajstić information content (AvgIpc) is 2.73. The van der Waals surface area contributed by atoms with Gasteiger partial charge in [-0.2, -0.15) is 5.26 Å². The van der Waals surface area contributed by atoms with Gasteiger partial charge in [0.25, 0.3) is 0 Å². The summed E-state index contributed by atoms with van der Waals surface area (Å²) in [6.45, 7) is 1.93. The fourth-order valence-electron chi connectivity index (χ4n) is 2.29. The van der Waals surface area contributed by atoms with Crippen LogP contribution in [-0.2, 0) is 0 Å². The minimum Gasteiger partial charge on any atom is -0.381 e. The molecule has 1 saturated carbocycles. The van der Waals surface area contributed by atoms with Crippen molar-refractivity contribution in [3.8, 4) is 6.07 Å². The molecule has 0 aliphatic heterocycles. The number of halogens is 2. The van der Waals surface area contributed by atoms with Crippen molar-refractivity contribution in [1.29, 1.82) is 5.26 Å². The first-order valence-corrected chi connectivity index (χ1v) is 6.53. The Morgan fingerprint density at radius 3 is 2.94 bits per heavy atom. The number of hydrogen-bond donors (Lipinski definition) is 1. The summed E-state index contributed by atoms with van der Waals surface area (Å²) in [7, 11) is 0. The lowest BCUT2D eigenvalue weighted by molar-refractivity contribution is 0.614. The Morgan fingerprint density at radius 2 is 2.24 bits per heavy atom. The zero-order valence-corrected chi connectivity index (χ0v) is 11.2. The number of hydrogen-bond acceptors (Lipinski definition) is 2. The van der Waals surface area contributed by atoms with Crippen LogP contribution in [0.2, 0.25) is 0 Å². The SMILES string of the molecule is Cc1cc(Br)c(F)cc1NC1CCCC1C#N. The summed E-state index contributed by atoms with van der Waals surface area (Å²) in [5.74, 6) is -0.231. The summed E-state index contributed by atoms with van der Waals surface area (Å²) in [4.78, 5) is 0. The Bertz CT molecular complexity index is 467. The van der Waals surface area contributed by atoms with Crippen LogP contribution in [0.3, 0.4) is 0 Å². The molecule has 1 aromatic rings. The third kappa shape index (κ3) is 2.61. The molecule has 0 radical (unpaired) electrons. The van der Waals surface area contributed by atoms with Gasteiger partial charge in [-0.25, -0.2) is 4.39 Å². The second kappa shape index (κ2) is 5.05. The molecule has 2 unspecified atom stereocenters. The van der Waals surface area contributed by atoms with Gasteiger partial charge in [0.1, 0.15) is 5.82 Å². The van der Waals surface area contributed by atoms with Gasteiger partial charge < -0.3 is 5.32 Å². The molecule has 0 saturated heterocycles. The third-order valence-electron chi connectivity index (χ3n) is 3.29. The molecule has 1 aliphatic carbocycles. The van der Waals surface area contributed by atoms with Gasteiger partial charge in [-0.3, -0.25) is 0 Å². The van der Waals surface area contributed by atoms with Gasteiger partial charge in [0.05, 0.1) is 16.5 Å². The Morgan fingerprint density at radius 1 is 1.47 bits per heavy atom. The first-order valence-electron chi connectivity index (χ1n) is 5.73. The van der Waals surface area contributed by atoms with E-state index in [9.17, 15) is 4.39 Å². The molecular weight excluding hydrogens is 283 g/mol. The van der Waals surface area contributed by atoms with Crippen LogP contribution < -0.4 is 5.32 Å². The Labute approximate surface area is 109 Å². The van der Waals surface area contributed by atoms with Crippen molar-refractivity contribution in [2.24, 2.45) is 5.92 Å². The number of anilines is 1. The highest BCUT2D eigenvalue weighted by atomic mass is 79.9. The van der Waals surface area contributed by atoms with E-state index in [0.29, 0.717) is 4.47 Å². The molecule has 1 aromatic carbocycles. The largest absolute Gasteiger partial charge is 0.381 e. The topological polar surface area (TPSA) is 35.8 Å². The molecule has 2 atom stereocenters. The molecule has 4 heteroatoms. The number of benzene rings is 1. The standard InChI is InChI=1S/C13H14BrFN2/c1-8-5-10(14)11(15)6-13(8)17-12-4-2-3-9(12)7-16/h5-6,9,12,17H,2-4H2,1H3. The fraction of sp³-hybridized carbons (Fsp3) is 0.462. The lowest BCUT2D eigenvalue weighted by atomic mass is 10.0. The molecule has 1 N–H and O–H groups in total. The van der Waals surface area contributed by atoms with Gasteiger partial charge in [-0.05, 0) is 59.8 Å². The highest BCUT2D eigenvalue weighted by molar-refractivity contribution is 9.10. The molecule has 1 aliphatic rings. The van der Waals surface area contributed by atoms with Gasteiger partial charge in [-0.15, -0.1) is 0 Å². The molecule has 0 bridgehead atoms. The molecule has 0 amide bonds. The zero-order valence-electron chi connectivity index (χ0n) is 9.63. The van der Waals surface area contributed by atoms with Gasteiger partial charge in [0, 0.05) is 11.7 Å². The van der Waals surface area contributed by atoms with E-state index in [1.807, 2.05) is 6.92 Å². The van der Waals surface area contributed by atoms with Crippen LogP contribution >= 0.6 is 15.9 Å². The summed E-state index contributed by atoms with van der Waals surface area (Å²) in [6, 6.07) is 5.72. The van der Waals surface area contributed by atoms with E-state index in [-0.39, 0.29) is 17.8 Å². The second-order valence-corrected chi connectivity index (χ2v) is 5.35. The van der Waals surface area contributed by atoms with Crippen molar-refractivity contribution < 1.29 is 4.39 Å². The van der Waals surface area contributed by atoms with E-state index in [4.69, 9.17) is 5.26 Å². The highest BCUT2D eigenvalue weighted by Gasteiger charge is 2.27. The van der Waals surface area contributed by atoms with Crippen LogP contribution in [0.5, 0.6) is 0 Å². The van der Waals surface area contributed by atoms with Crippen molar-refractivity contribution >= 4 is 21.6 Å². The lowest BCUT2D eigenvalue weighted by Gasteiger charge is -2.19. The number of nitrogens with zero attached hydrogens (tertiary/aromatic N) is 1. The monoisotopic (exact) mass is 296 g/mol. The summed E-state index contributed by atoms with van der Waals surface area (Å²) in [5, 5.41) is 12.3. The zero-order chi connectivity index (χ0) is 12.4. The lowest BCUT2D eigenvalue weighted by Crippen LogP contribution is -2.23. The minimum absolute atomic E-state index is 0.0427. The van der Waals surface area contributed by atoms with E-state index in [0.717, 1.165) is 30.5 Å². The van der Waals surface area contributed by atoms with Crippen LogP contribution in [0.4, 0.5) is 10.1 Å². The maximum absolute atomic E-state index is 13.5. The van der Waals surface area contributed by atoms with Crippen molar-refractivity contribution in [2.75, 3.05) is 5.32 Å². The van der Waals surface area contributed by atoms with E-state index in [1.54, 1.807) is 6.07 Å². The van der Waals surface area contributed by atoms with Crippen molar-refractivity contribution in [3.05, 3.63) is 28.0 Å². The quantitative estimate of drug-likeness (QED) is 0.895. The second-order valence-electron chi connectivity index (χ2n) is 4.50. The Kier molecular flexibility index (Phi) is 3.68. The normalized spacial score (nSPS) is 23.4. The summed E-state index contributed by atoms with van der Waals surface area (Å²) < 4.78 is 13.9. The molecule has 17 heavy (non-hydrogen) atoms. The molecular formula is C13H14BrFN2. The average molecular weight is 297 g/mol. The maximum Gasteiger partial charge on any atom is 0.139 e. The predicted molar refractivity (Wildman–Crippen MR) is 69.2 cm³/mol. The summed E-state index contributed by atoms with van der Waals surface area (Å²) >= 11 is 3.16. The first kappa shape index (κ1) is 12.4. The highest BCUT2D eigenvalue weighted by Crippen LogP contribution is 2.30. The Balaban J connectivity index is 2.19. The van der Waals surface area contributed by atoms with Crippen molar-refractivity contribution in [1.82, 2.24) is 0 Å². The fourth-order valence-corrected chi connectivity index (χ4v) is 2.75. The van der Waals surface area contributed by atoms with E-state index >= 15 is 0 Å². The number of aryl methyl sites for hydroxylation is 1. The summed E-state index contributed by atoms with van der Waals surface area (Å²) in [6.07, 6.45) is 2.98. The van der Waals surface area contributed by atoms with Gasteiger partial charge in [-0.1, -0.05) is 0 Å². The Hall–Kier alpha value is -1.08. The van der Waals surface area contributed by atoms with Crippen LogP contribution in [0.15, 0.2) is 16.6 Å². The van der Waals surface area contributed by atoms with Crippen molar-refractivity contribution in [3.63, 3.8) is 0 Å². The van der Waals surface area contributed by atoms with Crippen molar-refractivity contribution in [2.45, 2.75) is 32.2 Å². The molecule has 1 fully saturated rings. The molecule has 0 aromatic heterocycles.